The predicted octanol–water partition coefficient (Wildman–Crippen LogP) is -0.176. The molecule has 0 radical (unpaired) electrons. The predicted molar refractivity (Wildman–Crippen MR) is 74.7 cm³/mol. The minimum absolute atomic E-state index is 0.0227. The molecule has 1 aliphatic heterocycles. The molecule has 1 aromatic rings. The molecule has 7 heteroatoms. The summed E-state index contributed by atoms with van der Waals surface area (Å²) in [7, 11) is 0. The molecule has 0 saturated carbocycles. The fourth-order valence-corrected chi connectivity index (χ4v) is 1.99. The first-order chi connectivity index (χ1) is 10.1. The van der Waals surface area contributed by atoms with Crippen molar-refractivity contribution in [2.75, 3.05) is 32.8 Å². The van der Waals surface area contributed by atoms with Crippen molar-refractivity contribution in [1.29, 1.82) is 0 Å². The second kappa shape index (κ2) is 7.58. The highest BCUT2D eigenvalue weighted by atomic mass is 16.5. The van der Waals surface area contributed by atoms with E-state index < -0.39 is 0 Å². The number of carbonyl (C=O) groups excluding carboxylic acids is 2. The molecular weight excluding hydrogens is 274 g/mol. The summed E-state index contributed by atoms with van der Waals surface area (Å²) < 4.78 is 10.8. The fraction of sp³-hybridized carbons (Fsp3) is 0.500. The Labute approximate surface area is 123 Å². The van der Waals surface area contributed by atoms with Crippen LogP contribution in [0.15, 0.2) is 24.5 Å². The van der Waals surface area contributed by atoms with Crippen LogP contribution in [0.25, 0.3) is 0 Å². The quantitative estimate of drug-likeness (QED) is 0.815. The van der Waals surface area contributed by atoms with Gasteiger partial charge in [0.1, 0.15) is 5.75 Å². The van der Waals surface area contributed by atoms with E-state index in [9.17, 15) is 9.59 Å². The van der Waals surface area contributed by atoms with Gasteiger partial charge in [-0.1, -0.05) is 0 Å². The van der Waals surface area contributed by atoms with Crippen LogP contribution in [0.1, 0.15) is 6.92 Å². The van der Waals surface area contributed by atoms with Crippen molar-refractivity contribution in [1.82, 2.24) is 15.2 Å². The van der Waals surface area contributed by atoms with E-state index in [1.54, 1.807) is 29.4 Å². The molecule has 2 amide bonds. The van der Waals surface area contributed by atoms with E-state index in [1.807, 2.05) is 0 Å². The Bertz CT molecular complexity index is 480. The molecule has 1 fully saturated rings. The van der Waals surface area contributed by atoms with Gasteiger partial charge in [-0.05, 0) is 12.1 Å². The second-order valence-electron chi connectivity index (χ2n) is 4.74. The number of carbonyl (C=O) groups is 2. The Morgan fingerprint density at radius 2 is 2.43 bits per heavy atom. The van der Waals surface area contributed by atoms with Gasteiger partial charge in [0.05, 0.1) is 18.9 Å². The van der Waals surface area contributed by atoms with Crippen molar-refractivity contribution in [3.63, 3.8) is 0 Å². The van der Waals surface area contributed by atoms with Crippen LogP contribution in [0, 0.1) is 0 Å². The zero-order valence-electron chi connectivity index (χ0n) is 11.9. The van der Waals surface area contributed by atoms with Crippen LogP contribution >= 0.6 is 0 Å². The Morgan fingerprint density at radius 3 is 3.14 bits per heavy atom. The molecule has 1 N–H and O–H groups in total. The standard InChI is InChI=1S/C14H19N3O4/c1-11(18)17-5-6-20-13(9-17)8-16-14(19)10-21-12-3-2-4-15-7-12/h2-4,7,13H,5-6,8-10H2,1H3,(H,16,19)/t13-/m1/s1. The number of hydrogen-bond acceptors (Lipinski definition) is 5. The van der Waals surface area contributed by atoms with Gasteiger partial charge in [-0.3, -0.25) is 14.6 Å². The van der Waals surface area contributed by atoms with Gasteiger partial charge in [0.15, 0.2) is 6.61 Å². The Kier molecular flexibility index (Phi) is 5.51. The van der Waals surface area contributed by atoms with Gasteiger partial charge in [-0.2, -0.15) is 0 Å². The number of rotatable bonds is 5. The van der Waals surface area contributed by atoms with Crippen LogP contribution in [0.5, 0.6) is 5.75 Å². The maximum atomic E-state index is 11.7. The molecule has 21 heavy (non-hydrogen) atoms. The maximum Gasteiger partial charge on any atom is 0.258 e. The van der Waals surface area contributed by atoms with E-state index in [0.29, 0.717) is 32.0 Å². The lowest BCUT2D eigenvalue weighted by Crippen LogP contribution is -2.49. The molecule has 2 rings (SSSR count). The number of morpholine rings is 1. The average Bonchev–Trinajstić information content (AvgIpc) is 2.52. The van der Waals surface area contributed by atoms with Crippen LogP contribution in [-0.4, -0.2) is 60.7 Å². The maximum absolute atomic E-state index is 11.7. The van der Waals surface area contributed by atoms with Gasteiger partial charge in [0, 0.05) is 32.8 Å². The number of nitrogens with one attached hydrogen (secondary N) is 1. The fourth-order valence-electron chi connectivity index (χ4n) is 1.99. The molecule has 0 unspecified atom stereocenters. The molecule has 0 bridgehead atoms. The zero-order chi connectivity index (χ0) is 15.1. The topological polar surface area (TPSA) is 80.8 Å². The van der Waals surface area contributed by atoms with Crippen molar-refractivity contribution in [3.8, 4) is 5.75 Å². The lowest BCUT2D eigenvalue weighted by atomic mass is 10.2. The molecule has 2 heterocycles. The van der Waals surface area contributed by atoms with E-state index >= 15 is 0 Å². The minimum atomic E-state index is -0.234. The molecule has 1 saturated heterocycles. The SMILES string of the molecule is CC(=O)N1CCO[C@H](CNC(=O)COc2cccnc2)C1. The van der Waals surface area contributed by atoms with E-state index in [0.717, 1.165) is 0 Å². The van der Waals surface area contributed by atoms with Gasteiger partial charge >= 0.3 is 0 Å². The number of amides is 2. The largest absolute Gasteiger partial charge is 0.482 e. The highest BCUT2D eigenvalue weighted by Crippen LogP contribution is 2.06. The van der Waals surface area contributed by atoms with Gasteiger partial charge in [-0.15, -0.1) is 0 Å². The van der Waals surface area contributed by atoms with Crippen LogP contribution in [0.2, 0.25) is 0 Å². The van der Waals surface area contributed by atoms with Crippen molar-refractivity contribution in [2.45, 2.75) is 13.0 Å². The van der Waals surface area contributed by atoms with Crippen LogP contribution < -0.4 is 10.1 Å². The molecule has 1 aromatic heterocycles. The highest BCUT2D eigenvalue weighted by molar-refractivity contribution is 5.77. The third-order valence-electron chi connectivity index (χ3n) is 3.12. The smallest absolute Gasteiger partial charge is 0.258 e. The summed E-state index contributed by atoms with van der Waals surface area (Å²) >= 11 is 0. The first kappa shape index (κ1) is 15.2. The van der Waals surface area contributed by atoms with Crippen LogP contribution in [0.3, 0.4) is 0 Å². The van der Waals surface area contributed by atoms with Crippen LogP contribution in [-0.2, 0) is 14.3 Å². The summed E-state index contributed by atoms with van der Waals surface area (Å²) in [6, 6.07) is 3.47. The number of nitrogens with zero attached hydrogens (tertiary/aromatic N) is 2. The molecule has 0 spiro atoms. The number of pyridine rings is 1. The van der Waals surface area contributed by atoms with Crippen molar-refractivity contribution >= 4 is 11.8 Å². The van der Waals surface area contributed by atoms with Crippen molar-refractivity contribution in [2.24, 2.45) is 0 Å². The molecule has 0 aliphatic carbocycles. The summed E-state index contributed by atoms with van der Waals surface area (Å²) in [4.78, 5) is 28.6. The second-order valence-corrected chi connectivity index (χ2v) is 4.74. The lowest BCUT2D eigenvalue weighted by Gasteiger charge is -2.32. The van der Waals surface area contributed by atoms with Gasteiger partial charge in [0.25, 0.3) is 5.91 Å². The molecule has 114 valence electrons. The lowest BCUT2D eigenvalue weighted by molar-refractivity contribution is -0.136. The first-order valence-corrected chi connectivity index (χ1v) is 6.82. The third kappa shape index (κ3) is 5.03. The summed E-state index contributed by atoms with van der Waals surface area (Å²) in [5.41, 5.74) is 0. The summed E-state index contributed by atoms with van der Waals surface area (Å²) in [6.45, 7) is 3.41. The van der Waals surface area contributed by atoms with Crippen molar-refractivity contribution in [3.05, 3.63) is 24.5 Å². The highest BCUT2D eigenvalue weighted by Gasteiger charge is 2.22. The Morgan fingerprint density at radius 1 is 1.57 bits per heavy atom. The number of aromatic nitrogens is 1. The Hall–Kier alpha value is -2.15. The average molecular weight is 293 g/mol. The molecule has 7 nitrogen and oxygen atoms in total. The minimum Gasteiger partial charge on any atom is -0.482 e. The number of ether oxygens (including phenoxy) is 2. The molecule has 0 aromatic carbocycles. The monoisotopic (exact) mass is 293 g/mol. The van der Waals surface area contributed by atoms with Crippen molar-refractivity contribution < 1.29 is 19.1 Å². The van der Waals surface area contributed by atoms with Gasteiger partial charge < -0.3 is 19.7 Å². The van der Waals surface area contributed by atoms with E-state index in [2.05, 4.69) is 10.3 Å². The zero-order valence-corrected chi connectivity index (χ0v) is 11.9. The van der Waals surface area contributed by atoms with E-state index in [1.165, 1.54) is 6.92 Å². The first-order valence-electron chi connectivity index (χ1n) is 6.82. The normalized spacial score (nSPS) is 18.1. The number of hydrogen-bond donors (Lipinski definition) is 1. The molecule has 1 aliphatic rings. The van der Waals surface area contributed by atoms with Gasteiger partial charge in [-0.25, -0.2) is 0 Å². The van der Waals surface area contributed by atoms with E-state index in [-0.39, 0.29) is 24.5 Å². The summed E-state index contributed by atoms with van der Waals surface area (Å²) in [5, 5.41) is 2.73. The van der Waals surface area contributed by atoms with Gasteiger partial charge in [0.2, 0.25) is 5.91 Å². The third-order valence-corrected chi connectivity index (χ3v) is 3.12. The summed E-state index contributed by atoms with van der Waals surface area (Å²) in [6.07, 6.45) is 3.00. The Balaban J connectivity index is 1.68. The summed E-state index contributed by atoms with van der Waals surface area (Å²) in [5.74, 6) is 0.335. The van der Waals surface area contributed by atoms with E-state index in [4.69, 9.17) is 9.47 Å². The molecule has 1 atom stereocenters. The molecular formula is C14H19N3O4. The van der Waals surface area contributed by atoms with Crippen LogP contribution in [0.4, 0.5) is 0 Å².